The van der Waals surface area contributed by atoms with E-state index < -0.39 is 0 Å². The van der Waals surface area contributed by atoms with Crippen LogP contribution in [0.3, 0.4) is 0 Å². The predicted molar refractivity (Wildman–Crippen MR) is 72.4 cm³/mol. The third kappa shape index (κ3) is 1.63. The largest absolute Gasteiger partial charge is 0.337 e. The summed E-state index contributed by atoms with van der Waals surface area (Å²) in [5.41, 5.74) is 4.35. The number of aromatic amines is 1. The Bertz CT molecular complexity index is 848. The van der Waals surface area contributed by atoms with Crippen LogP contribution in [0.1, 0.15) is 0 Å². The van der Waals surface area contributed by atoms with Gasteiger partial charge < -0.3 is 4.98 Å². The molecule has 0 aliphatic heterocycles. The summed E-state index contributed by atoms with van der Waals surface area (Å²) < 4.78 is 0. The number of imidazole rings is 1. The molecule has 4 rings (SSSR count). The van der Waals surface area contributed by atoms with Crippen molar-refractivity contribution in [3.05, 3.63) is 48.9 Å². The molecular weight excluding hydrogens is 238 g/mol. The number of hydrogen-bond donors (Lipinski definition) is 1. The van der Waals surface area contributed by atoms with Crippen molar-refractivity contribution in [2.45, 2.75) is 0 Å². The van der Waals surface area contributed by atoms with E-state index in [0.717, 1.165) is 33.6 Å². The van der Waals surface area contributed by atoms with E-state index in [1.54, 1.807) is 18.6 Å². The Labute approximate surface area is 108 Å². The van der Waals surface area contributed by atoms with E-state index in [9.17, 15) is 0 Å². The number of nitrogens with zero attached hydrogens (tertiary/aromatic N) is 4. The quantitative estimate of drug-likeness (QED) is 0.561. The van der Waals surface area contributed by atoms with Gasteiger partial charge >= 0.3 is 0 Å². The molecule has 0 aliphatic carbocycles. The highest BCUT2D eigenvalue weighted by Gasteiger charge is 2.06. The molecule has 0 bridgehead atoms. The van der Waals surface area contributed by atoms with Crippen LogP contribution in [0.15, 0.2) is 48.9 Å². The minimum atomic E-state index is 0.719. The van der Waals surface area contributed by atoms with Crippen molar-refractivity contribution >= 4 is 22.2 Å². The SMILES string of the molecule is c1cnc2nc(-c3ccc4nccnc4c3)[nH]c2c1. The van der Waals surface area contributed by atoms with E-state index in [2.05, 4.69) is 24.9 Å². The standard InChI is InChI=1S/C14H9N5/c1-2-11-14(17-5-1)19-13(18-11)9-3-4-10-12(8-9)16-7-6-15-10/h1-8H,(H,17,18,19). The molecule has 0 radical (unpaired) electrons. The summed E-state index contributed by atoms with van der Waals surface area (Å²) >= 11 is 0. The normalized spacial score (nSPS) is 11.2. The van der Waals surface area contributed by atoms with E-state index in [4.69, 9.17) is 0 Å². The van der Waals surface area contributed by atoms with Crippen LogP contribution in [-0.2, 0) is 0 Å². The van der Waals surface area contributed by atoms with Gasteiger partial charge in [0.25, 0.3) is 0 Å². The maximum Gasteiger partial charge on any atom is 0.178 e. The monoisotopic (exact) mass is 247 g/mol. The summed E-state index contributed by atoms with van der Waals surface area (Å²) in [6.07, 6.45) is 5.11. The maximum atomic E-state index is 4.47. The highest BCUT2D eigenvalue weighted by Crippen LogP contribution is 2.21. The Morgan fingerprint density at radius 2 is 1.74 bits per heavy atom. The molecule has 3 heterocycles. The molecule has 0 saturated carbocycles. The summed E-state index contributed by atoms with van der Waals surface area (Å²) in [4.78, 5) is 20.5. The first-order valence-corrected chi connectivity index (χ1v) is 5.92. The van der Waals surface area contributed by atoms with Crippen LogP contribution in [0.25, 0.3) is 33.6 Å². The molecule has 5 heteroatoms. The second-order valence-corrected chi connectivity index (χ2v) is 4.22. The van der Waals surface area contributed by atoms with Gasteiger partial charge in [-0.2, -0.15) is 0 Å². The number of rotatable bonds is 1. The van der Waals surface area contributed by atoms with Crippen LogP contribution in [0.5, 0.6) is 0 Å². The molecule has 1 N–H and O–H groups in total. The molecule has 0 saturated heterocycles. The van der Waals surface area contributed by atoms with Crippen molar-refractivity contribution in [1.29, 1.82) is 0 Å². The van der Waals surface area contributed by atoms with Crippen LogP contribution in [0.4, 0.5) is 0 Å². The van der Waals surface area contributed by atoms with E-state index in [-0.39, 0.29) is 0 Å². The Morgan fingerprint density at radius 1 is 0.842 bits per heavy atom. The first-order valence-electron chi connectivity index (χ1n) is 5.92. The first kappa shape index (κ1) is 10.1. The van der Waals surface area contributed by atoms with Crippen molar-refractivity contribution in [3.63, 3.8) is 0 Å². The number of benzene rings is 1. The molecule has 0 amide bonds. The average molecular weight is 247 g/mol. The van der Waals surface area contributed by atoms with Crippen molar-refractivity contribution < 1.29 is 0 Å². The molecule has 0 atom stereocenters. The van der Waals surface area contributed by atoms with Crippen LogP contribution < -0.4 is 0 Å². The lowest BCUT2D eigenvalue weighted by molar-refractivity contribution is 1.28. The molecule has 3 aromatic heterocycles. The van der Waals surface area contributed by atoms with Crippen LogP contribution in [0, 0.1) is 0 Å². The van der Waals surface area contributed by atoms with Crippen LogP contribution in [0.2, 0.25) is 0 Å². The molecule has 0 unspecified atom stereocenters. The van der Waals surface area contributed by atoms with Gasteiger partial charge in [0.05, 0.1) is 16.6 Å². The molecule has 0 fully saturated rings. The van der Waals surface area contributed by atoms with Crippen LogP contribution in [-0.4, -0.2) is 24.9 Å². The van der Waals surface area contributed by atoms with Gasteiger partial charge in [-0.1, -0.05) is 0 Å². The summed E-state index contributed by atoms with van der Waals surface area (Å²) in [6.45, 7) is 0. The highest BCUT2D eigenvalue weighted by molar-refractivity contribution is 5.82. The summed E-state index contributed by atoms with van der Waals surface area (Å²) in [6, 6.07) is 9.74. The summed E-state index contributed by atoms with van der Waals surface area (Å²) in [5, 5.41) is 0. The zero-order valence-corrected chi connectivity index (χ0v) is 9.91. The van der Waals surface area contributed by atoms with Crippen molar-refractivity contribution in [1.82, 2.24) is 24.9 Å². The van der Waals surface area contributed by atoms with Gasteiger partial charge in [0, 0.05) is 24.2 Å². The minimum Gasteiger partial charge on any atom is -0.337 e. The molecule has 5 nitrogen and oxygen atoms in total. The molecule has 1 aromatic carbocycles. The Kier molecular flexibility index (Phi) is 2.05. The van der Waals surface area contributed by atoms with E-state index in [1.165, 1.54) is 0 Å². The Hall–Kier alpha value is -2.82. The van der Waals surface area contributed by atoms with Crippen LogP contribution >= 0.6 is 0 Å². The van der Waals surface area contributed by atoms with E-state index in [0.29, 0.717) is 0 Å². The lowest BCUT2D eigenvalue weighted by Gasteiger charge is -1.98. The topological polar surface area (TPSA) is 67.3 Å². The third-order valence-electron chi connectivity index (χ3n) is 3.00. The number of H-pyrrole nitrogens is 1. The van der Waals surface area contributed by atoms with Gasteiger partial charge in [0.15, 0.2) is 5.65 Å². The minimum absolute atomic E-state index is 0.719. The lowest BCUT2D eigenvalue weighted by Crippen LogP contribution is -1.85. The van der Waals surface area contributed by atoms with E-state index in [1.807, 2.05) is 30.3 Å². The number of nitrogens with one attached hydrogen (secondary N) is 1. The summed E-state index contributed by atoms with van der Waals surface area (Å²) in [5.74, 6) is 0.793. The number of pyridine rings is 1. The second kappa shape index (κ2) is 3.84. The highest BCUT2D eigenvalue weighted by atomic mass is 15.0. The van der Waals surface area contributed by atoms with Gasteiger partial charge in [0.2, 0.25) is 0 Å². The zero-order valence-electron chi connectivity index (χ0n) is 9.91. The molecule has 0 aliphatic rings. The van der Waals surface area contributed by atoms with Gasteiger partial charge in [-0.05, 0) is 30.3 Å². The Morgan fingerprint density at radius 3 is 2.63 bits per heavy atom. The maximum absolute atomic E-state index is 4.47. The number of fused-ring (bicyclic) bond motifs is 2. The van der Waals surface area contributed by atoms with Crippen molar-refractivity contribution in [2.24, 2.45) is 0 Å². The van der Waals surface area contributed by atoms with E-state index >= 15 is 0 Å². The average Bonchev–Trinajstić information content (AvgIpc) is 2.90. The smallest absolute Gasteiger partial charge is 0.178 e. The second-order valence-electron chi connectivity index (χ2n) is 4.22. The summed E-state index contributed by atoms with van der Waals surface area (Å²) in [7, 11) is 0. The predicted octanol–water partition coefficient (Wildman–Crippen LogP) is 2.57. The van der Waals surface area contributed by atoms with Gasteiger partial charge in [-0.25, -0.2) is 9.97 Å². The third-order valence-corrected chi connectivity index (χ3v) is 3.00. The molecule has 19 heavy (non-hydrogen) atoms. The number of hydrogen-bond acceptors (Lipinski definition) is 4. The van der Waals surface area contributed by atoms with Crippen molar-refractivity contribution in [2.75, 3.05) is 0 Å². The van der Waals surface area contributed by atoms with Gasteiger partial charge in [0.1, 0.15) is 5.82 Å². The van der Waals surface area contributed by atoms with Gasteiger partial charge in [-0.3, -0.25) is 9.97 Å². The van der Waals surface area contributed by atoms with Crippen molar-refractivity contribution in [3.8, 4) is 11.4 Å². The fourth-order valence-corrected chi connectivity index (χ4v) is 2.09. The van der Waals surface area contributed by atoms with Gasteiger partial charge in [-0.15, -0.1) is 0 Å². The molecule has 0 spiro atoms. The Balaban J connectivity index is 1.93. The molecular formula is C14H9N5. The zero-order chi connectivity index (χ0) is 12.7. The fourth-order valence-electron chi connectivity index (χ4n) is 2.09. The fraction of sp³-hybridized carbons (Fsp3) is 0. The number of aromatic nitrogens is 5. The lowest BCUT2D eigenvalue weighted by atomic mass is 10.2. The molecule has 4 aromatic rings. The molecule has 90 valence electrons. The first-order chi connectivity index (χ1) is 9.40.